The van der Waals surface area contributed by atoms with Crippen LogP contribution in [0.3, 0.4) is 0 Å². The quantitative estimate of drug-likeness (QED) is 0.180. The SMILES string of the molecule is N#Cc1nccc(NC2CCN(Cc3ccc(-n4c(-c5cccnc5NO)nc5ccc(-c6ccc(F)cc6)nc54)cc3)CC2)n1. The van der Waals surface area contributed by atoms with E-state index in [1.54, 1.807) is 36.7 Å². The van der Waals surface area contributed by atoms with Gasteiger partial charge in [0.25, 0.3) is 0 Å². The van der Waals surface area contributed by atoms with Crippen LogP contribution in [0.4, 0.5) is 16.0 Å². The molecule has 11 nitrogen and oxygen atoms in total. The first-order valence-corrected chi connectivity index (χ1v) is 14.9. The fourth-order valence-corrected chi connectivity index (χ4v) is 5.78. The van der Waals surface area contributed by atoms with Gasteiger partial charge in [-0.3, -0.25) is 20.2 Å². The number of pyridine rings is 2. The summed E-state index contributed by atoms with van der Waals surface area (Å²) < 4.78 is 15.6. The maximum Gasteiger partial charge on any atom is 0.234 e. The number of nitrogens with zero attached hydrogens (tertiary/aromatic N) is 8. The Bertz CT molecular complexity index is 2030. The zero-order chi connectivity index (χ0) is 31.5. The van der Waals surface area contributed by atoms with E-state index in [9.17, 15) is 9.60 Å². The molecule has 228 valence electrons. The molecule has 1 fully saturated rings. The number of likely N-dealkylation sites (tertiary alicyclic amines) is 1. The lowest BCUT2D eigenvalue weighted by molar-refractivity contribution is 0.211. The maximum absolute atomic E-state index is 13.6. The molecule has 12 heteroatoms. The van der Waals surface area contributed by atoms with Gasteiger partial charge in [-0.15, -0.1) is 0 Å². The van der Waals surface area contributed by atoms with Crippen molar-refractivity contribution in [2.24, 2.45) is 0 Å². The predicted octanol–water partition coefficient (Wildman–Crippen LogP) is 5.83. The number of piperidine rings is 1. The van der Waals surface area contributed by atoms with Crippen LogP contribution < -0.4 is 10.8 Å². The Kier molecular flexibility index (Phi) is 7.99. The number of hydrogen-bond acceptors (Lipinski definition) is 10. The molecule has 1 aliphatic rings. The third-order valence-corrected chi connectivity index (χ3v) is 8.09. The van der Waals surface area contributed by atoms with Gasteiger partial charge in [-0.1, -0.05) is 12.1 Å². The van der Waals surface area contributed by atoms with Crippen molar-refractivity contribution in [3.05, 3.63) is 108 Å². The highest BCUT2D eigenvalue weighted by molar-refractivity contribution is 5.84. The number of halogens is 1. The first-order chi connectivity index (χ1) is 22.6. The summed E-state index contributed by atoms with van der Waals surface area (Å²) in [6, 6.07) is 26.0. The smallest absolute Gasteiger partial charge is 0.234 e. The molecule has 1 saturated heterocycles. The van der Waals surface area contributed by atoms with Gasteiger partial charge in [0.2, 0.25) is 5.82 Å². The van der Waals surface area contributed by atoms with Crippen molar-refractivity contribution < 1.29 is 9.60 Å². The highest BCUT2D eigenvalue weighted by Gasteiger charge is 2.22. The van der Waals surface area contributed by atoms with Gasteiger partial charge in [-0.25, -0.2) is 29.3 Å². The zero-order valence-corrected chi connectivity index (χ0v) is 24.7. The van der Waals surface area contributed by atoms with Crippen LogP contribution in [0, 0.1) is 17.1 Å². The molecule has 0 bridgehead atoms. The van der Waals surface area contributed by atoms with Gasteiger partial charge in [0, 0.05) is 49.3 Å². The lowest BCUT2D eigenvalue weighted by Crippen LogP contribution is -2.38. The van der Waals surface area contributed by atoms with E-state index < -0.39 is 0 Å². The van der Waals surface area contributed by atoms with Crippen molar-refractivity contribution in [3.63, 3.8) is 0 Å². The predicted molar refractivity (Wildman–Crippen MR) is 172 cm³/mol. The molecular formula is C34H29FN10O. The summed E-state index contributed by atoms with van der Waals surface area (Å²) in [7, 11) is 0. The lowest BCUT2D eigenvalue weighted by atomic mass is 10.0. The van der Waals surface area contributed by atoms with Gasteiger partial charge in [0.1, 0.15) is 23.2 Å². The minimum atomic E-state index is -0.309. The second kappa shape index (κ2) is 12.7. The molecule has 0 radical (unpaired) electrons. The molecule has 0 aliphatic carbocycles. The van der Waals surface area contributed by atoms with Crippen LogP contribution >= 0.6 is 0 Å². The van der Waals surface area contributed by atoms with Gasteiger partial charge in [-0.05, 0) is 85.1 Å². The van der Waals surface area contributed by atoms with Crippen molar-refractivity contribution in [2.45, 2.75) is 25.4 Å². The van der Waals surface area contributed by atoms with E-state index in [1.165, 1.54) is 17.7 Å². The van der Waals surface area contributed by atoms with E-state index in [2.05, 4.69) is 42.8 Å². The van der Waals surface area contributed by atoms with E-state index in [0.29, 0.717) is 34.1 Å². The second-order valence-corrected chi connectivity index (χ2v) is 11.1. The van der Waals surface area contributed by atoms with E-state index in [4.69, 9.17) is 15.2 Å². The fourth-order valence-electron chi connectivity index (χ4n) is 5.78. The summed E-state index contributed by atoms with van der Waals surface area (Å²) in [6.45, 7) is 2.67. The van der Waals surface area contributed by atoms with Crippen molar-refractivity contribution >= 4 is 22.8 Å². The topological polar surface area (TPSA) is 141 Å². The maximum atomic E-state index is 13.6. The van der Waals surface area contributed by atoms with Crippen LogP contribution in [0.1, 0.15) is 24.2 Å². The van der Waals surface area contributed by atoms with E-state index in [0.717, 1.165) is 43.7 Å². The van der Waals surface area contributed by atoms with Gasteiger partial charge >= 0.3 is 0 Å². The van der Waals surface area contributed by atoms with E-state index in [-0.39, 0.29) is 23.5 Å². The molecule has 7 rings (SSSR count). The highest BCUT2D eigenvalue weighted by Crippen LogP contribution is 2.33. The number of imidazole rings is 1. The Morgan fingerprint density at radius 1 is 0.891 bits per heavy atom. The van der Waals surface area contributed by atoms with Crippen molar-refractivity contribution in [3.8, 4) is 34.4 Å². The molecular weight excluding hydrogens is 583 g/mol. The molecule has 5 heterocycles. The Balaban J connectivity index is 1.14. The molecule has 0 unspecified atom stereocenters. The molecule has 2 aromatic carbocycles. The Labute approximate surface area is 264 Å². The number of aromatic nitrogens is 6. The molecule has 1 aliphatic heterocycles. The van der Waals surface area contributed by atoms with Gasteiger partial charge in [0.05, 0.1) is 11.3 Å². The Morgan fingerprint density at radius 2 is 1.70 bits per heavy atom. The summed E-state index contributed by atoms with van der Waals surface area (Å²) in [4.78, 5) is 24.7. The van der Waals surface area contributed by atoms with Crippen molar-refractivity contribution in [1.29, 1.82) is 5.26 Å². The number of benzene rings is 2. The summed E-state index contributed by atoms with van der Waals surface area (Å²) in [5.41, 5.74) is 7.58. The first-order valence-electron chi connectivity index (χ1n) is 14.9. The van der Waals surface area contributed by atoms with Gasteiger partial charge < -0.3 is 5.32 Å². The Morgan fingerprint density at radius 3 is 2.46 bits per heavy atom. The normalized spacial score (nSPS) is 13.8. The minimum Gasteiger partial charge on any atom is -0.367 e. The van der Waals surface area contributed by atoms with Crippen molar-refractivity contribution in [1.82, 2.24) is 34.4 Å². The number of anilines is 2. The largest absolute Gasteiger partial charge is 0.367 e. The number of rotatable bonds is 8. The summed E-state index contributed by atoms with van der Waals surface area (Å²) >= 11 is 0. The molecule has 4 aromatic heterocycles. The van der Waals surface area contributed by atoms with Crippen LogP contribution in [-0.4, -0.2) is 58.7 Å². The minimum absolute atomic E-state index is 0.164. The molecule has 3 N–H and O–H groups in total. The van der Waals surface area contributed by atoms with Crippen LogP contribution in [0.2, 0.25) is 0 Å². The van der Waals surface area contributed by atoms with Crippen LogP contribution in [0.15, 0.2) is 91.3 Å². The lowest BCUT2D eigenvalue weighted by Gasteiger charge is -2.32. The number of nitriles is 1. The van der Waals surface area contributed by atoms with Crippen LogP contribution in [-0.2, 0) is 6.54 Å². The third kappa shape index (κ3) is 5.97. The average molecular weight is 613 g/mol. The average Bonchev–Trinajstić information content (AvgIpc) is 3.48. The molecule has 0 spiro atoms. The van der Waals surface area contributed by atoms with E-state index in [1.807, 2.05) is 41.0 Å². The summed E-state index contributed by atoms with van der Waals surface area (Å²) in [5.74, 6) is 1.38. The zero-order valence-electron chi connectivity index (χ0n) is 24.7. The monoisotopic (exact) mass is 612 g/mol. The molecule has 46 heavy (non-hydrogen) atoms. The summed E-state index contributed by atoms with van der Waals surface area (Å²) in [5, 5.41) is 22.3. The standard InChI is InChI=1S/C34H29FN10O/c35-24-7-5-23(6-8-24)28-11-12-29-34(40-28)45(33(41-29)27-2-1-16-38-32(27)43-46)26-9-3-22(4-10-26)21-44-18-14-25(15-19-44)39-30-13-17-37-31(20-36)42-30/h1-13,16-17,25,46H,14-15,18-19,21H2,(H,38,43)(H,37,39,42). The number of fused-ring (bicyclic) bond motifs is 1. The van der Waals surface area contributed by atoms with Crippen LogP contribution in [0.25, 0.3) is 39.5 Å². The number of hydrogen-bond donors (Lipinski definition) is 3. The molecule has 0 atom stereocenters. The van der Waals surface area contributed by atoms with E-state index >= 15 is 0 Å². The second-order valence-electron chi connectivity index (χ2n) is 11.1. The van der Waals surface area contributed by atoms with Gasteiger partial charge in [0.15, 0.2) is 17.3 Å². The molecule has 0 amide bonds. The summed E-state index contributed by atoms with van der Waals surface area (Å²) in [6.07, 6.45) is 5.11. The van der Waals surface area contributed by atoms with Gasteiger partial charge in [-0.2, -0.15) is 5.26 Å². The molecule has 0 saturated carbocycles. The third-order valence-electron chi connectivity index (χ3n) is 8.09. The molecule has 6 aromatic rings. The number of nitrogens with one attached hydrogen (secondary N) is 2. The fraction of sp³-hybridized carbons (Fsp3) is 0.176. The first kappa shape index (κ1) is 29.0. The highest BCUT2D eigenvalue weighted by atomic mass is 19.1. The Hall–Kier alpha value is -5.77. The van der Waals surface area contributed by atoms with Crippen molar-refractivity contribution in [2.75, 3.05) is 23.9 Å². The van der Waals surface area contributed by atoms with Crippen LogP contribution in [0.5, 0.6) is 0 Å².